The quantitative estimate of drug-likeness (QED) is 0.749. The Morgan fingerprint density at radius 1 is 1.17 bits per heavy atom. The van der Waals surface area contributed by atoms with Crippen molar-refractivity contribution in [3.63, 3.8) is 0 Å². The normalized spacial score (nSPS) is 26.7. The fourth-order valence-electron chi connectivity index (χ4n) is 4.07. The average molecular weight is 392 g/mol. The summed E-state index contributed by atoms with van der Waals surface area (Å²) in [6.07, 6.45) is 22.0. The van der Waals surface area contributed by atoms with Crippen molar-refractivity contribution in [1.82, 2.24) is 9.55 Å². The Labute approximate surface area is 172 Å². The predicted octanol–water partition coefficient (Wildman–Crippen LogP) is 4.73. The van der Waals surface area contributed by atoms with Gasteiger partial charge < -0.3 is 4.74 Å². The molecule has 0 spiro atoms. The molecule has 2 aliphatic heterocycles. The molecule has 152 valence electrons. The number of allylic oxidation sites excluding steroid dienone is 6. The van der Waals surface area contributed by atoms with Crippen molar-refractivity contribution >= 4 is 18.4 Å². The third kappa shape index (κ3) is 4.91. The molecule has 1 saturated heterocycles. The summed E-state index contributed by atoms with van der Waals surface area (Å²) in [5, 5.41) is 0. The van der Waals surface area contributed by atoms with Crippen molar-refractivity contribution in [2.75, 3.05) is 13.2 Å². The van der Waals surface area contributed by atoms with E-state index in [-0.39, 0.29) is 11.6 Å². The highest BCUT2D eigenvalue weighted by molar-refractivity contribution is 5.68. The monoisotopic (exact) mass is 391 g/mol. The van der Waals surface area contributed by atoms with E-state index >= 15 is 0 Å². The molecule has 0 aromatic carbocycles. The summed E-state index contributed by atoms with van der Waals surface area (Å²) in [4.78, 5) is 22.5. The topological polar surface area (TPSA) is 56.5 Å². The van der Waals surface area contributed by atoms with Gasteiger partial charge >= 0.3 is 0 Å². The summed E-state index contributed by atoms with van der Waals surface area (Å²) in [6, 6.07) is 0.166. The number of aliphatic imine (C=N–C) groups is 1. The molecule has 5 nitrogen and oxygen atoms in total. The molecule has 0 radical (unpaired) electrons. The van der Waals surface area contributed by atoms with Crippen molar-refractivity contribution in [1.29, 1.82) is 0 Å². The number of fused-ring (bicyclic) bond motifs is 1. The van der Waals surface area contributed by atoms with E-state index in [1.807, 2.05) is 29.9 Å². The highest BCUT2D eigenvalue weighted by Crippen LogP contribution is 2.24. The molecule has 4 rings (SSSR count). The molecule has 0 N–H and O–H groups in total. The summed E-state index contributed by atoms with van der Waals surface area (Å²) in [5.74, 6) is 0.367. The van der Waals surface area contributed by atoms with Gasteiger partial charge in [0.25, 0.3) is 5.56 Å². The Balaban J connectivity index is 1.70. The standard InChI is InChI=1S/C24H29N3O2/c1-18-8-9-20(16-25-18)14-19-6-4-2-3-5-7-23-22(15-19)24(28)27(17-26-23)21-10-12-29-13-11-21/h4-8,15-17,20-21H,2-3,9-14H2,1H3/b6-4+,7-5+,19-15+. The van der Waals surface area contributed by atoms with Crippen LogP contribution in [0.2, 0.25) is 0 Å². The molecule has 0 saturated carbocycles. The second kappa shape index (κ2) is 9.31. The summed E-state index contributed by atoms with van der Waals surface area (Å²) in [7, 11) is 0. The molecule has 1 aromatic heterocycles. The van der Waals surface area contributed by atoms with Crippen LogP contribution in [0.4, 0.5) is 0 Å². The van der Waals surface area contributed by atoms with Crippen molar-refractivity contribution in [3.05, 3.63) is 63.5 Å². The van der Waals surface area contributed by atoms with E-state index in [1.165, 1.54) is 0 Å². The first-order valence-electron chi connectivity index (χ1n) is 10.6. The number of hydrogen-bond donors (Lipinski definition) is 0. The molecular formula is C24H29N3O2. The van der Waals surface area contributed by atoms with Gasteiger partial charge in [-0.2, -0.15) is 0 Å². The van der Waals surface area contributed by atoms with Gasteiger partial charge in [0.1, 0.15) is 0 Å². The zero-order valence-electron chi connectivity index (χ0n) is 17.1. The first-order valence-corrected chi connectivity index (χ1v) is 10.6. The summed E-state index contributed by atoms with van der Waals surface area (Å²) in [6.45, 7) is 3.43. The van der Waals surface area contributed by atoms with Gasteiger partial charge in [-0.3, -0.25) is 14.4 Å². The minimum Gasteiger partial charge on any atom is -0.381 e. The summed E-state index contributed by atoms with van der Waals surface area (Å²) < 4.78 is 7.28. The van der Waals surface area contributed by atoms with Crippen LogP contribution >= 0.6 is 0 Å². The van der Waals surface area contributed by atoms with Crippen LogP contribution in [0.5, 0.6) is 0 Å². The lowest BCUT2D eigenvalue weighted by atomic mass is 9.93. The van der Waals surface area contributed by atoms with Crippen LogP contribution in [0.15, 0.2) is 51.7 Å². The van der Waals surface area contributed by atoms with Gasteiger partial charge in [0.15, 0.2) is 0 Å². The molecule has 3 aliphatic rings. The molecule has 1 fully saturated rings. The van der Waals surface area contributed by atoms with E-state index in [2.05, 4.69) is 34.3 Å². The summed E-state index contributed by atoms with van der Waals surface area (Å²) in [5.41, 5.74) is 3.74. The van der Waals surface area contributed by atoms with Gasteiger partial charge in [0.2, 0.25) is 0 Å². The number of hydrogen-bond acceptors (Lipinski definition) is 4. The van der Waals surface area contributed by atoms with Gasteiger partial charge in [-0.15, -0.1) is 0 Å². The molecule has 0 amide bonds. The first kappa shape index (κ1) is 19.8. The second-order valence-corrected chi connectivity index (χ2v) is 8.02. The van der Waals surface area contributed by atoms with E-state index in [0.29, 0.717) is 24.7 Å². The first-order chi connectivity index (χ1) is 14.2. The number of ether oxygens (including phenoxy) is 1. The smallest absolute Gasteiger partial charge is 0.261 e. The molecule has 3 heterocycles. The predicted molar refractivity (Wildman–Crippen MR) is 118 cm³/mol. The van der Waals surface area contributed by atoms with Gasteiger partial charge in [0, 0.05) is 37.1 Å². The molecule has 1 unspecified atom stereocenters. The van der Waals surface area contributed by atoms with E-state index in [1.54, 1.807) is 6.33 Å². The van der Waals surface area contributed by atoms with Crippen molar-refractivity contribution in [3.8, 4) is 0 Å². The molecule has 1 aliphatic carbocycles. The third-order valence-electron chi connectivity index (χ3n) is 5.79. The van der Waals surface area contributed by atoms with Crippen LogP contribution in [0, 0.1) is 5.92 Å². The minimum atomic E-state index is 0.0473. The van der Waals surface area contributed by atoms with Gasteiger partial charge in [-0.05, 0) is 63.2 Å². The van der Waals surface area contributed by atoms with E-state index in [4.69, 9.17) is 4.74 Å². The number of aromatic nitrogens is 2. The van der Waals surface area contributed by atoms with Gasteiger partial charge in [-0.25, -0.2) is 4.98 Å². The molecule has 29 heavy (non-hydrogen) atoms. The molecule has 0 bridgehead atoms. The number of nitrogens with zero attached hydrogens (tertiary/aromatic N) is 3. The van der Waals surface area contributed by atoms with E-state index < -0.39 is 0 Å². The second-order valence-electron chi connectivity index (χ2n) is 8.02. The maximum atomic E-state index is 13.4. The van der Waals surface area contributed by atoms with E-state index in [0.717, 1.165) is 55.5 Å². The molecule has 5 heteroatoms. The van der Waals surface area contributed by atoms with Gasteiger partial charge in [-0.1, -0.05) is 24.3 Å². The average Bonchev–Trinajstić information content (AvgIpc) is 2.75. The van der Waals surface area contributed by atoms with Gasteiger partial charge in [0.05, 0.1) is 17.6 Å². The van der Waals surface area contributed by atoms with E-state index in [9.17, 15) is 4.79 Å². The third-order valence-corrected chi connectivity index (χ3v) is 5.79. The lowest BCUT2D eigenvalue weighted by molar-refractivity contribution is 0.0683. The Bertz CT molecular complexity index is 943. The largest absolute Gasteiger partial charge is 0.381 e. The molecule has 1 aromatic rings. The van der Waals surface area contributed by atoms with Crippen molar-refractivity contribution < 1.29 is 4.74 Å². The Kier molecular flexibility index (Phi) is 6.35. The minimum absolute atomic E-state index is 0.0473. The molecule has 1 atom stereocenters. The van der Waals surface area contributed by atoms with Crippen LogP contribution < -0.4 is 5.56 Å². The van der Waals surface area contributed by atoms with Crippen LogP contribution in [0.25, 0.3) is 12.2 Å². The van der Waals surface area contributed by atoms with Crippen LogP contribution in [0.3, 0.4) is 0 Å². The molecular weight excluding hydrogens is 362 g/mol. The lowest BCUT2D eigenvalue weighted by Gasteiger charge is -2.24. The maximum absolute atomic E-state index is 13.4. The number of rotatable bonds is 3. The fraction of sp³-hybridized carbons (Fsp3) is 0.458. The zero-order valence-corrected chi connectivity index (χ0v) is 17.1. The lowest BCUT2D eigenvalue weighted by Crippen LogP contribution is -2.31. The Morgan fingerprint density at radius 3 is 2.72 bits per heavy atom. The maximum Gasteiger partial charge on any atom is 0.261 e. The SMILES string of the molecule is CC1=CCC(CC2=C/c3c(ncn(C4CCOCC4)c3=O)/C=C/CC\C=C\2)C=N1. The van der Waals surface area contributed by atoms with Crippen LogP contribution in [0.1, 0.15) is 62.7 Å². The zero-order chi connectivity index (χ0) is 20.1. The van der Waals surface area contributed by atoms with Crippen molar-refractivity contribution in [2.24, 2.45) is 10.9 Å². The Hall–Kier alpha value is -2.53. The van der Waals surface area contributed by atoms with Crippen LogP contribution in [-0.4, -0.2) is 29.0 Å². The van der Waals surface area contributed by atoms with Crippen molar-refractivity contribution in [2.45, 2.75) is 51.5 Å². The highest BCUT2D eigenvalue weighted by atomic mass is 16.5. The summed E-state index contributed by atoms with van der Waals surface area (Å²) >= 11 is 0. The van der Waals surface area contributed by atoms with Crippen LogP contribution in [-0.2, 0) is 4.74 Å². The fourth-order valence-corrected chi connectivity index (χ4v) is 4.07. The Morgan fingerprint density at radius 2 is 1.97 bits per heavy atom. The highest BCUT2D eigenvalue weighted by Gasteiger charge is 2.20.